The van der Waals surface area contributed by atoms with Crippen molar-refractivity contribution in [3.63, 3.8) is 0 Å². The molecule has 0 aliphatic carbocycles. The number of amides is 2. The molecule has 3 N–H and O–H groups in total. The maximum atomic E-state index is 11.9. The zero-order valence-electron chi connectivity index (χ0n) is 13.0. The van der Waals surface area contributed by atoms with Crippen LogP contribution >= 0.6 is 11.8 Å². The fourth-order valence-corrected chi connectivity index (χ4v) is 2.57. The van der Waals surface area contributed by atoms with E-state index in [0.29, 0.717) is 23.6 Å². The summed E-state index contributed by atoms with van der Waals surface area (Å²) in [7, 11) is 0. The van der Waals surface area contributed by atoms with E-state index >= 15 is 0 Å². The number of hydrogen-bond acceptors (Lipinski definition) is 6. The summed E-state index contributed by atoms with van der Waals surface area (Å²) < 4.78 is 10.4. The van der Waals surface area contributed by atoms with Crippen LogP contribution in [0.5, 0.6) is 11.5 Å². The largest absolute Gasteiger partial charge is 0.454 e. The van der Waals surface area contributed by atoms with Crippen molar-refractivity contribution in [2.75, 3.05) is 30.7 Å². The van der Waals surface area contributed by atoms with Gasteiger partial charge in [-0.15, -0.1) is 0 Å². The van der Waals surface area contributed by atoms with Gasteiger partial charge in [0, 0.05) is 18.3 Å². The van der Waals surface area contributed by atoms with Crippen molar-refractivity contribution in [2.24, 2.45) is 0 Å². The first-order chi connectivity index (χ1) is 10.9. The van der Waals surface area contributed by atoms with Gasteiger partial charge < -0.3 is 25.2 Å². The number of rotatable bonds is 6. The zero-order chi connectivity index (χ0) is 16.9. The Morgan fingerprint density at radius 2 is 2.04 bits per heavy atom. The average molecular weight is 340 g/mol. The molecule has 23 heavy (non-hydrogen) atoms. The van der Waals surface area contributed by atoms with Crippen LogP contribution in [0.3, 0.4) is 0 Å². The lowest BCUT2D eigenvalue weighted by Gasteiger charge is -2.23. The Labute approximate surface area is 138 Å². The topological polar surface area (TPSA) is 96.9 Å². The Hall–Kier alpha value is -1.93. The van der Waals surface area contributed by atoms with Gasteiger partial charge in [-0.1, -0.05) is 0 Å². The van der Waals surface area contributed by atoms with Crippen LogP contribution in [0.4, 0.5) is 5.69 Å². The van der Waals surface area contributed by atoms with Crippen LogP contribution in [0.2, 0.25) is 0 Å². The van der Waals surface area contributed by atoms with E-state index in [2.05, 4.69) is 10.6 Å². The average Bonchev–Trinajstić information content (AvgIpc) is 2.98. The number of aliphatic hydroxyl groups is 1. The molecule has 8 heteroatoms. The van der Waals surface area contributed by atoms with Crippen LogP contribution in [0.1, 0.15) is 13.3 Å². The highest BCUT2D eigenvalue weighted by Gasteiger charge is 2.23. The second-order valence-corrected chi connectivity index (χ2v) is 6.43. The van der Waals surface area contributed by atoms with Gasteiger partial charge in [-0.3, -0.25) is 9.59 Å². The number of carbonyl (C=O) groups is 2. The van der Waals surface area contributed by atoms with E-state index in [1.165, 1.54) is 0 Å². The molecule has 1 aromatic rings. The quantitative estimate of drug-likeness (QED) is 0.668. The molecule has 1 aliphatic heterocycles. The molecule has 2 rings (SSSR count). The highest BCUT2D eigenvalue weighted by atomic mass is 32.2. The summed E-state index contributed by atoms with van der Waals surface area (Å²) in [5, 5.41) is 15.0. The van der Waals surface area contributed by atoms with Gasteiger partial charge in [0.2, 0.25) is 6.79 Å². The molecule has 0 saturated heterocycles. The minimum atomic E-state index is -1.04. The molecule has 1 atom stereocenters. The summed E-state index contributed by atoms with van der Waals surface area (Å²) in [5.74, 6) is 0.281. The number of carbonyl (C=O) groups excluding carboxylic acids is 2. The fourth-order valence-electron chi connectivity index (χ4n) is 1.92. The van der Waals surface area contributed by atoms with Gasteiger partial charge in [-0.25, -0.2) is 0 Å². The summed E-state index contributed by atoms with van der Waals surface area (Å²) in [6, 6.07) is 4.86. The first-order valence-corrected chi connectivity index (χ1v) is 8.51. The van der Waals surface area contributed by atoms with E-state index in [9.17, 15) is 14.7 Å². The first kappa shape index (κ1) is 17.4. The minimum Gasteiger partial charge on any atom is -0.454 e. The lowest BCUT2D eigenvalue weighted by atomic mass is 10.0. The molecule has 0 unspecified atom stereocenters. The molecule has 1 heterocycles. The van der Waals surface area contributed by atoms with Crippen molar-refractivity contribution < 1.29 is 24.2 Å². The predicted molar refractivity (Wildman–Crippen MR) is 87.8 cm³/mol. The standard InChI is InChI=1S/C15H20N2O5S/c1-15(20,5-6-23-2)8-16-13(18)14(19)17-10-3-4-11-12(7-10)22-9-21-11/h3-4,7,20H,5-6,8-9H2,1-2H3,(H,16,18)(H,17,19)/t15-/m0/s1. The third-order valence-corrected chi connectivity index (χ3v) is 3.92. The Morgan fingerprint density at radius 1 is 1.30 bits per heavy atom. The van der Waals surface area contributed by atoms with Crippen LogP contribution in [0, 0.1) is 0 Å². The summed E-state index contributed by atoms with van der Waals surface area (Å²) in [5.41, 5.74) is -0.610. The van der Waals surface area contributed by atoms with Crippen molar-refractivity contribution in [3.8, 4) is 11.5 Å². The molecule has 126 valence electrons. The molecule has 1 aromatic carbocycles. The lowest BCUT2D eigenvalue weighted by molar-refractivity contribution is -0.136. The minimum absolute atomic E-state index is 0.0148. The normalized spacial score (nSPS) is 14.9. The Morgan fingerprint density at radius 3 is 2.78 bits per heavy atom. The third kappa shape index (κ3) is 5.04. The Balaban J connectivity index is 1.84. The number of anilines is 1. The van der Waals surface area contributed by atoms with E-state index in [1.807, 2.05) is 6.26 Å². The van der Waals surface area contributed by atoms with Gasteiger partial charge >= 0.3 is 11.8 Å². The van der Waals surface area contributed by atoms with Crippen LogP contribution in [0.15, 0.2) is 18.2 Å². The van der Waals surface area contributed by atoms with E-state index in [1.54, 1.807) is 36.9 Å². The van der Waals surface area contributed by atoms with Crippen molar-refractivity contribution in [1.29, 1.82) is 0 Å². The monoisotopic (exact) mass is 340 g/mol. The van der Waals surface area contributed by atoms with Crippen molar-refractivity contribution >= 4 is 29.3 Å². The summed E-state index contributed by atoms with van der Waals surface area (Å²) >= 11 is 1.61. The highest BCUT2D eigenvalue weighted by Crippen LogP contribution is 2.34. The predicted octanol–water partition coefficient (Wildman–Crippen LogP) is 0.974. The zero-order valence-corrected chi connectivity index (χ0v) is 13.9. The SMILES string of the molecule is CSCC[C@](C)(O)CNC(=O)C(=O)Nc1ccc2c(c1)OCO2. The molecule has 0 saturated carbocycles. The van der Waals surface area contributed by atoms with E-state index < -0.39 is 17.4 Å². The lowest BCUT2D eigenvalue weighted by Crippen LogP contribution is -2.44. The summed E-state index contributed by atoms with van der Waals surface area (Å²) in [6.45, 7) is 1.78. The Kier molecular flexibility index (Phi) is 5.73. The van der Waals surface area contributed by atoms with Gasteiger partial charge in [0.05, 0.1) is 5.60 Å². The molecule has 2 amide bonds. The molecule has 0 bridgehead atoms. The smallest absolute Gasteiger partial charge is 0.313 e. The number of hydrogen-bond donors (Lipinski definition) is 3. The molecule has 1 aliphatic rings. The van der Waals surface area contributed by atoms with Gasteiger partial charge in [0.15, 0.2) is 11.5 Å². The summed E-state index contributed by atoms with van der Waals surface area (Å²) in [4.78, 5) is 23.7. The maximum Gasteiger partial charge on any atom is 0.313 e. The van der Waals surface area contributed by atoms with Crippen molar-refractivity contribution in [2.45, 2.75) is 18.9 Å². The number of benzene rings is 1. The van der Waals surface area contributed by atoms with E-state index in [4.69, 9.17) is 9.47 Å². The third-order valence-electron chi connectivity index (χ3n) is 3.31. The van der Waals surface area contributed by atoms with Gasteiger partial charge in [-0.05, 0) is 37.5 Å². The molecule has 0 fully saturated rings. The van der Waals surface area contributed by atoms with Crippen molar-refractivity contribution in [3.05, 3.63) is 18.2 Å². The van der Waals surface area contributed by atoms with Gasteiger partial charge in [-0.2, -0.15) is 11.8 Å². The highest BCUT2D eigenvalue weighted by molar-refractivity contribution is 7.98. The fraction of sp³-hybridized carbons (Fsp3) is 0.467. The number of thioether (sulfide) groups is 1. The van der Waals surface area contributed by atoms with Crippen LogP contribution in [-0.2, 0) is 9.59 Å². The first-order valence-electron chi connectivity index (χ1n) is 7.11. The maximum absolute atomic E-state index is 11.9. The van der Waals surface area contributed by atoms with Crippen LogP contribution in [-0.4, -0.2) is 47.9 Å². The summed E-state index contributed by atoms with van der Waals surface area (Å²) in [6.07, 6.45) is 2.46. The van der Waals surface area contributed by atoms with Crippen LogP contribution < -0.4 is 20.1 Å². The molecule has 0 radical (unpaired) electrons. The van der Waals surface area contributed by atoms with Gasteiger partial charge in [0.1, 0.15) is 0 Å². The number of ether oxygens (including phenoxy) is 2. The number of fused-ring (bicyclic) bond motifs is 1. The van der Waals surface area contributed by atoms with E-state index in [-0.39, 0.29) is 13.3 Å². The van der Waals surface area contributed by atoms with Crippen LogP contribution in [0.25, 0.3) is 0 Å². The molecular formula is C15H20N2O5S. The molecule has 0 aromatic heterocycles. The second-order valence-electron chi connectivity index (χ2n) is 5.44. The Bertz CT molecular complexity index is 591. The second kappa shape index (κ2) is 7.56. The van der Waals surface area contributed by atoms with Gasteiger partial charge in [0.25, 0.3) is 0 Å². The van der Waals surface area contributed by atoms with E-state index in [0.717, 1.165) is 5.75 Å². The number of nitrogens with one attached hydrogen (secondary N) is 2. The van der Waals surface area contributed by atoms with Crippen molar-refractivity contribution in [1.82, 2.24) is 5.32 Å². The molecule has 0 spiro atoms. The molecule has 7 nitrogen and oxygen atoms in total. The molecular weight excluding hydrogens is 320 g/mol.